The highest BCUT2D eigenvalue weighted by atomic mass is 28.1. The summed E-state index contributed by atoms with van der Waals surface area (Å²) in [4.78, 5) is 26.5. The molecule has 2 atom stereocenters. The molecular weight excluding hydrogens is 310 g/mol. The Kier molecular flexibility index (Phi) is 5.75. The van der Waals surface area contributed by atoms with Crippen LogP contribution in [0.5, 0.6) is 0 Å². The molecule has 7 heteroatoms. The van der Waals surface area contributed by atoms with Gasteiger partial charge in [0.25, 0.3) is 5.56 Å². The molecule has 128 valence electrons. The van der Waals surface area contributed by atoms with Gasteiger partial charge < -0.3 is 10.0 Å². The number of carboxylic acid groups (broad SMARTS) is 1. The van der Waals surface area contributed by atoms with E-state index in [1.54, 1.807) is 13.0 Å². The number of carboxylic acids is 1. The predicted octanol–water partition coefficient (Wildman–Crippen LogP) is 0.236. The minimum Gasteiger partial charge on any atom is -0.480 e. The highest BCUT2D eigenvalue weighted by molar-refractivity contribution is 6.13. The van der Waals surface area contributed by atoms with Crippen LogP contribution >= 0.6 is 0 Å². The van der Waals surface area contributed by atoms with Crippen molar-refractivity contribution in [2.24, 2.45) is 5.92 Å². The van der Waals surface area contributed by atoms with Gasteiger partial charge in [0.2, 0.25) is 0 Å². The molecule has 1 aliphatic heterocycles. The first-order chi connectivity index (χ1) is 10.8. The maximum absolute atomic E-state index is 12.4. The fourth-order valence-electron chi connectivity index (χ4n) is 2.81. The molecule has 0 aliphatic carbocycles. The summed E-state index contributed by atoms with van der Waals surface area (Å²) in [5.74, 6) is -0.755. The first kappa shape index (κ1) is 17.9. The molecule has 1 saturated heterocycles. The van der Waals surface area contributed by atoms with E-state index in [0.29, 0.717) is 15.8 Å². The van der Waals surface area contributed by atoms with Crippen LogP contribution in [-0.4, -0.2) is 55.6 Å². The topological polar surface area (TPSA) is 75.4 Å². The lowest BCUT2D eigenvalue weighted by Gasteiger charge is -2.30. The Hall–Kier alpha value is -1.47. The van der Waals surface area contributed by atoms with Crippen molar-refractivity contribution in [3.63, 3.8) is 0 Å². The number of hydrogen-bond acceptors (Lipinski definition) is 4. The van der Waals surface area contributed by atoms with Crippen LogP contribution in [0.15, 0.2) is 10.9 Å². The second-order valence-corrected chi connectivity index (χ2v) is 8.23. The van der Waals surface area contributed by atoms with Gasteiger partial charge in [-0.1, -0.05) is 13.8 Å². The van der Waals surface area contributed by atoms with E-state index in [4.69, 9.17) is 0 Å². The third kappa shape index (κ3) is 4.09. The monoisotopic (exact) mass is 337 g/mol. The summed E-state index contributed by atoms with van der Waals surface area (Å²) < 4.78 is 1.22. The third-order valence-electron chi connectivity index (χ3n) is 4.86. The third-order valence-corrected chi connectivity index (χ3v) is 6.83. The maximum atomic E-state index is 12.4. The van der Waals surface area contributed by atoms with Crippen LogP contribution in [0, 0.1) is 12.8 Å². The van der Waals surface area contributed by atoms with Crippen LogP contribution in [0.1, 0.15) is 37.6 Å². The summed E-state index contributed by atoms with van der Waals surface area (Å²) in [7, 11) is 0.704. The maximum Gasteiger partial charge on any atom is 0.328 e. The van der Waals surface area contributed by atoms with Crippen LogP contribution in [0.3, 0.4) is 0 Å². The number of hydrogen-bond donors (Lipinski definition) is 1. The van der Waals surface area contributed by atoms with E-state index in [0.717, 1.165) is 31.7 Å². The van der Waals surface area contributed by atoms with E-state index in [9.17, 15) is 14.7 Å². The number of likely N-dealkylation sites (tertiary alicyclic amines) is 1. The van der Waals surface area contributed by atoms with Crippen molar-refractivity contribution < 1.29 is 9.90 Å². The van der Waals surface area contributed by atoms with Gasteiger partial charge in [-0.05, 0) is 44.0 Å². The zero-order valence-electron chi connectivity index (χ0n) is 14.5. The molecular formula is C16H27N3O3Si. The summed E-state index contributed by atoms with van der Waals surface area (Å²) in [6, 6.07) is 0.937. The molecule has 1 fully saturated rings. The van der Waals surface area contributed by atoms with E-state index in [2.05, 4.69) is 10.00 Å². The normalized spacial score (nSPS) is 17.9. The number of aryl methyl sites for hydroxylation is 1. The van der Waals surface area contributed by atoms with E-state index in [1.807, 2.05) is 13.8 Å². The van der Waals surface area contributed by atoms with Gasteiger partial charge in [-0.25, -0.2) is 9.48 Å². The molecule has 2 rings (SSSR count). The van der Waals surface area contributed by atoms with Crippen LogP contribution in [0.2, 0.25) is 5.54 Å². The first-order valence-electron chi connectivity index (χ1n) is 8.35. The Labute approximate surface area is 139 Å². The zero-order valence-corrected chi connectivity index (χ0v) is 16.5. The summed E-state index contributed by atoms with van der Waals surface area (Å²) in [5.41, 5.74) is 1.05. The number of carbonyl (C=O) groups is 1. The van der Waals surface area contributed by atoms with Crippen molar-refractivity contribution in [2.75, 3.05) is 19.6 Å². The zero-order chi connectivity index (χ0) is 17.1. The number of rotatable bonds is 7. The van der Waals surface area contributed by atoms with Crippen LogP contribution in [0.4, 0.5) is 0 Å². The molecule has 1 aromatic rings. The molecule has 0 amide bonds. The molecule has 1 unspecified atom stereocenters. The lowest BCUT2D eigenvalue weighted by molar-refractivity contribution is -0.141. The smallest absolute Gasteiger partial charge is 0.328 e. The van der Waals surface area contributed by atoms with Crippen molar-refractivity contribution in [3.05, 3.63) is 27.7 Å². The summed E-state index contributed by atoms with van der Waals surface area (Å²) in [6.45, 7) is 8.89. The van der Waals surface area contributed by atoms with Crippen molar-refractivity contribution in [1.82, 2.24) is 14.7 Å². The largest absolute Gasteiger partial charge is 0.480 e. The van der Waals surface area contributed by atoms with E-state index in [1.165, 1.54) is 11.1 Å². The Morgan fingerprint density at radius 1 is 1.43 bits per heavy atom. The minimum atomic E-state index is -0.965. The van der Waals surface area contributed by atoms with E-state index >= 15 is 0 Å². The Bertz CT molecular complexity index is 625. The highest BCUT2D eigenvalue weighted by Crippen LogP contribution is 2.27. The fraction of sp³-hybridized carbons (Fsp3) is 0.688. The quantitative estimate of drug-likeness (QED) is 0.721. The molecule has 0 saturated carbocycles. The van der Waals surface area contributed by atoms with Crippen LogP contribution in [-0.2, 0) is 11.2 Å². The molecule has 0 aromatic carbocycles. The number of aromatic nitrogens is 2. The Morgan fingerprint density at radius 2 is 2.09 bits per heavy atom. The molecule has 2 heterocycles. The molecule has 0 bridgehead atoms. The predicted molar refractivity (Wildman–Crippen MR) is 93.2 cm³/mol. The summed E-state index contributed by atoms with van der Waals surface area (Å²) in [5, 5.41) is 14.0. The summed E-state index contributed by atoms with van der Waals surface area (Å²) >= 11 is 0. The van der Waals surface area contributed by atoms with E-state index < -0.39 is 12.0 Å². The average Bonchev–Trinajstić information content (AvgIpc) is 2.41. The van der Waals surface area contributed by atoms with Crippen LogP contribution < -0.4 is 5.56 Å². The van der Waals surface area contributed by atoms with Crippen molar-refractivity contribution in [1.29, 1.82) is 0 Å². The van der Waals surface area contributed by atoms with Gasteiger partial charge in [0.15, 0.2) is 6.04 Å². The second kappa shape index (κ2) is 7.40. The Morgan fingerprint density at radius 3 is 2.57 bits per heavy atom. The fourth-order valence-corrected chi connectivity index (χ4v) is 3.38. The van der Waals surface area contributed by atoms with Gasteiger partial charge in [-0.15, -0.1) is 0 Å². The van der Waals surface area contributed by atoms with Crippen molar-refractivity contribution >= 4 is 16.2 Å². The Balaban J connectivity index is 2.32. The lowest BCUT2D eigenvalue weighted by atomic mass is 10.0. The lowest BCUT2D eigenvalue weighted by Crippen LogP contribution is -2.40. The highest BCUT2D eigenvalue weighted by Gasteiger charge is 2.31. The molecule has 6 nitrogen and oxygen atoms in total. The van der Waals surface area contributed by atoms with Crippen molar-refractivity contribution in [2.45, 2.75) is 45.2 Å². The second-order valence-electron chi connectivity index (χ2n) is 6.90. The van der Waals surface area contributed by atoms with Gasteiger partial charge in [-0.2, -0.15) is 5.10 Å². The average molecular weight is 337 g/mol. The van der Waals surface area contributed by atoms with Gasteiger partial charge in [-0.3, -0.25) is 4.79 Å². The molecule has 23 heavy (non-hydrogen) atoms. The number of nitrogens with zero attached hydrogens (tertiary/aromatic N) is 3. The SMILES string of the molecule is Cc1cc(CCN2CCC2)nn([C@H](C(=O)O)C([SiH3])C(C)C)c1=O. The number of aliphatic carboxylic acids is 1. The standard InChI is InChI=1S/C16H27N3O3Si/c1-10(2)14(23)13(16(21)22)19-15(20)11(3)9-12(17-19)5-8-18-6-4-7-18/h9-10,13-14H,4-8H2,1-3,23H3,(H,21,22)/t13-,14?/m0/s1. The molecule has 1 N–H and O–H groups in total. The molecule has 0 spiro atoms. The first-order valence-corrected chi connectivity index (χ1v) is 9.51. The van der Waals surface area contributed by atoms with Gasteiger partial charge in [0.1, 0.15) is 0 Å². The molecule has 1 aromatic heterocycles. The van der Waals surface area contributed by atoms with Crippen molar-refractivity contribution in [3.8, 4) is 0 Å². The van der Waals surface area contributed by atoms with Gasteiger partial charge in [0, 0.05) is 28.8 Å². The minimum absolute atomic E-state index is 0.0391. The summed E-state index contributed by atoms with van der Waals surface area (Å²) in [6.07, 6.45) is 1.99. The molecule has 0 radical (unpaired) electrons. The van der Waals surface area contributed by atoms with Gasteiger partial charge >= 0.3 is 5.97 Å². The van der Waals surface area contributed by atoms with Gasteiger partial charge in [0.05, 0.1) is 5.69 Å². The molecule has 1 aliphatic rings. The van der Waals surface area contributed by atoms with E-state index in [-0.39, 0.29) is 17.0 Å². The van der Waals surface area contributed by atoms with Crippen LogP contribution in [0.25, 0.3) is 0 Å².